The number of rotatable bonds is 5. The average molecular weight is 215 g/mol. The largest absolute Gasteiger partial charge is 0.479 e. The Morgan fingerprint density at radius 2 is 2.50 bits per heavy atom. The minimum absolute atomic E-state index is 0.268. The molecule has 14 heavy (non-hydrogen) atoms. The summed E-state index contributed by atoms with van der Waals surface area (Å²) in [7, 11) is 0. The molecule has 1 atom stereocenters. The number of carbonyl (C=O) groups is 1. The van der Waals surface area contributed by atoms with Gasteiger partial charge in [0.2, 0.25) is 0 Å². The molecule has 0 unspecified atom stereocenters. The molecule has 0 fully saturated rings. The summed E-state index contributed by atoms with van der Waals surface area (Å²) in [6.45, 7) is 3.81. The minimum Gasteiger partial charge on any atom is -0.479 e. The molecule has 1 heterocycles. The number of aliphatic carboxylic acids is 1. The zero-order chi connectivity index (χ0) is 10.6. The molecule has 0 saturated heterocycles. The summed E-state index contributed by atoms with van der Waals surface area (Å²) in [5.41, 5.74) is 0.806. The van der Waals surface area contributed by atoms with Crippen LogP contribution in [0.2, 0.25) is 0 Å². The van der Waals surface area contributed by atoms with E-state index in [1.165, 1.54) is 6.92 Å². The van der Waals surface area contributed by atoms with E-state index in [9.17, 15) is 4.79 Å². The van der Waals surface area contributed by atoms with Crippen LogP contribution in [0.3, 0.4) is 0 Å². The Labute approximate surface area is 86.6 Å². The van der Waals surface area contributed by atoms with Gasteiger partial charge in [0.1, 0.15) is 0 Å². The number of carboxylic acids is 1. The number of aromatic nitrogens is 1. The van der Waals surface area contributed by atoms with Gasteiger partial charge in [0.15, 0.2) is 6.10 Å². The van der Waals surface area contributed by atoms with Gasteiger partial charge in [0, 0.05) is 5.38 Å². The van der Waals surface area contributed by atoms with Gasteiger partial charge in [-0.25, -0.2) is 9.78 Å². The summed E-state index contributed by atoms with van der Waals surface area (Å²) >= 11 is 1.57. The second-order valence-electron chi connectivity index (χ2n) is 2.88. The molecule has 0 radical (unpaired) electrons. The molecular weight excluding hydrogens is 202 g/mol. The van der Waals surface area contributed by atoms with Crippen molar-refractivity contribution in [2.75, 3.05) is 0 Å². The fourth-order valence-electron chi connectivity index (χ4n) is 0.859. The van der Waals surface area contributed by atoms with E-state index in [1.807, 2.05) is 12.3 Å². The van der Waals surface area contributed by atoms with Gasteiger partial charge in [-0.05, 0) is 13.3 Å². The number of thiazole rings is 1. The third-order valence-electron chi connectivity index (χ3n) is 1.73. The molecule has 0 spiro atoms. The lowest BCUT2D eigenvalue weighted by Gasteiger charge is -2.05. The average Bonchev–Trinajstić information content (AvgIpc) is 2.61. The highest BCUT2D eigenvalue weighted by molar-refractivity contribution is 7.09. The van der Waals surface area contributed by atoms with Crippen molar-refractivity contribution in [3.63, 3.8) is 0 Å². The molecule has 1 rings (SSSR count). The van der Waals surface area contributed by atoms with E-state index in [0.29, 0.717) is 0 Å². The van der Waals surface area contributed by atoms with Gasteiger partial charge in [0.25, 0.3) is 0 Å². The van der Waals surface area contributed by atoms with Crippen LogP contribution >= 0.6 is 11.3 Å². The number of hydrogen-bond donors (Lipinski definition) is 1. The molecule has 0 aliphatic rings. The minimum atomic E-state index is -0.948. The third-order valence-corrected chi connectivity index (χ3v) is 2.77. The van der Waals surface area contributed by atoms with Crippen LogP contribution in [0.1, 0.15) is 24.5 Å². The Hall–Kier alpha value is -0.940. The van der Waals surface area contributed by atoms with Crippen molar-refractivity contribution in [1.82, 2.24) is 4.98 Å². The molecule has 4 nitrogen and oxygen atoms in total. The first-order valence-corrected chi connectivity index (χ1v) is 5.29. The normalized spacial score (nSPS) is 12.7. The molecular formula is C9H13NO3S. The number of hydrogen-bond acceptors (Lipinski definition) is 4. The van der Waals surface area contributed by atoms with Gasteiger partial charge in [-0.15, -0.1) is 11.3 Å². The highest BCUT2D eigenvalue weighted by Crippen LogP contribution is 2.11. The van der Waals surface area contributed by atoms with E-state index in [0.717, 1.165) is 17.1 Å². The van der Waals surface area contributed by atoms with E-state index in [1.54, 1.807) is 11.3 Å². The fourth-order valence-corrected chi connectivity index (χ4v) is 1.59. The molecule has 5 heteroatoms. The van der Waals surface area contributed by atoms with E-state index in [4.69, 9.17) is 9.84 Å². The van der Waals surface area contributed by atoms with Crippen LogP contribution in [0.5, 0.6) is 0 Å². The van der Waals surface area contributed by atoms with E-state index in [-0.39, 0.29) is 6.61 Å². The van der Waals surface area contributed by atoms with Gasteiger partial charge in [0.05, 0.1) is 17.3 Å². The van der Waals surface area contributed by atoms with Crippen molar-refractivity contribution >= 4 is 17.3 Å². The van der Waals surface area contributed by atoms with Crippen LogP contribution in [0.25, 0.3) is 0 Å². The number of ether oxygens (including phenoxy) is 1. The van der Waals surface area contributed by atoms with Gasteiger partial charge in [-0.2, -0.15) is 0 Å². The molecule has 1 aromatic rings. The highest BCUT2D eigenvalue weighted by Gasteiger charge is 2.11. The number of nitrogens with zero attached hydrogens (tertiary/aromatic N) is 1. The van der Waals surface area contributed by atoms with E-state index >= 15 is 0 Å². The Morgan fingerprint density at radius 1 is 1.79 bits per heavy atom. The van der Waals surface area contributed by atoms with Crippen LogP contribution in [0, 0.1) is 0 Å². The predicted molar refractivity (Wildman–Crippen MR) is 53.4 cm³/mol. The summed E-state index contributed by atoms with van der Waals surface area (Å²) in [6.07, 6.45) is 0.126. The number of aryl methyl sites for hydroxylation is 1. The topological polar surface area (TPSA) is 59.4 Å². The first-order chi connectivity index (χ1) is 6.63. The predicted octanol–water partition coefficient (Wildman–Crippen LogP) is 1.70. The molecule has 1 N–H and O–H groups in total. The Morgan fingerprint density at radius 3 is 3.00 bits per heavy atom. The molecule has 0 saturated carbocycles. The number of carboxylic acid groups (broad SMARTS) is 1. The summed E-state index contributed by atoms with van der Waals surface area (Å²) in [5.74, 6) is -0.948. The van der Waals surface area contributed by atoms with Gasteiger partial charge < -0.3 is 9.84 Å². The first kappa shape index (κ1) is 11.1. The second kappa shape index (κ2) is 5.07. The summed E-state index contributed by atoms with van der Waals surface area (Å²) in [5, 5.41) is 11.5. The maximum Gasteiger partial charge on any atom is 0.332 e. The lowest BCUT2D eigenvalue weighted by molar-refractivity contribution is -0.149. The van der Waals surface area contributed by atoms with Crippen LogP contribution in [0.15, 0.2) is 5.38 Å². The van der Waals surface area contributed by atoms with Crippen molar-refractivity contribution in [3.8, 4) is 0 Å². The van der Waals surface area contributed by atoms with Crippen LogP contribution in [-0.2, 0) is 22.6 Å². The van der Waals surface area contributed by atoms with Crippen molar-refractivity contribution in [3.05, 3.63) is 16.1 Å². The molecule has 0 aromatic carbocycles. The van der Waals surface area contributed by atoms with Gasteiger partial charge >= 0.3 is 5.97 Å². The van der Waals surface area contributed by atoms with Crippen LogP contribution in [-0.4, -0.2) is 22.2 Å². The molecule has 0 bridgehead atoms. The highest BCUT2D eigenvalue weighted by atomic mass is 32.1. The zero-order valence-electron chi connectivity index (χ0n) is 8.19. The SMILES string of the molecule is CCc1nc(CO[C@@H](C)C(=O)O)cs1. The maximum atomic E-state index is 10.4. The molecule has 0 amide bonds. The lowest BCUT2D eigenvalue weighted by atomic mass is 10.4. The lowest BCUT2D eigenvalue weighted by Crippen LogP contribution is -2.19. The van der Waals surface area contributed by atoms with E-state index in [2.05, 4.69) is 4.98 Å². The van der Waals surface area contributed by atoms with Crippen LogP contribution < -0.4 is 0 Å². The van der Waals surface area contributed by atoms with Crippen molar-refractivity contribution in [2.45, 2.75) is 33.0 Å². The van der Waals surface area contributed by atoms with Gasteiger partial charge in [-0.1, -0.05) is 6.92 Å². The summed E-state index contributed by atoms with van der Waals surface area (Å²) in [4.78, 5) is 14.7. The standard InChI is InChI=1S/C9H13NO3S/c1-3-8-10-7(5-14-8)4-13-6(2)9(11)12/h5-6H,3-4H2,1-2H3,(H,11,12)/t6-/m0/s1. The smallest absolute Gasteiger partial charge is 0.332 e. The Balaban J connectivity index is 2.41. The molecule has 78 valence electrons. The Bertz CT molecular complexity index is 311. The quantitative estimate of drug-likeness (QED) is 0.812. The van der Waals surface area contributed by atoms with Gasteiger partial charge in [-0.3, -0.25) is 0 Å². The van der Waals surface area contributed by atoms with Crippen molar-refractivity contribution in [2.24, 2.45) is 0 Å². The monoisotopic (exact) mass is 215 g/mol. The van der Waals surface area contributed by atoms with Crippen molar-refractivity contribution < 1.29 is 14.6 Å². The van der Waals surface area contributed by atoms with E-state index < -0.39 is 12.1 Å². The fraction of sp³-hybridized carbons (Fsp3) is 0.556. The Kier molecular flexibility index (Phi) is 4.03. The summed E-state index contributed by atoms with van der Waals surface area (Å²) in [6, 6.07) is 0. The zero-order valence-corrected chi connectivity index (χ0v) is 9.00. The third kappa shape index (κ3) is 3.08. The van der Waals surface area contributed by atoms with Crippen molar-refractivity contribution in [1.29, 1.82) is 0 Å². The van der Waals surface area contributed by atoms with Crippen LogP contribution in [0.4, 0.5) is 0 Å². The maximum absolute atomic E-state index is 10.4. The molecule has 0 aliphatic carbocycles. The first-order valence-electron chi connectivity index (χ1n) is 4.41. The molecule has 0 aliphatic heterocycles. The molecule has 1 aromatic heterocycles. The second-order valence-corrected chi connectivity index (χ2v) is 3.82. The summed E-state index contributed by atoms with van der Waals surface area (Å²) < 4.78 is 5.09.